The Kier molecular flexibility index (Phi) is 5.57. The zero-order valence-electron chi connectivity index (χ0n) is 9.51. The van der Waals surface area contributed by atoms with Crippen LogP contribution in [-0.4, -0.2) is 17.8 Å². The molecule has 2 atom stereocenters. The van der Waals surface area contributed by atoms with Crippen LogP contribution in [0.15, 0.2) is 0 Å². The lowest BCUT2D eigenvalue weighted by atomic mass is 9.73. The molecule has 0 bridgehead atoms. The quantitative estimate of drug-likeness (QED) is 0.669. The van der Waals surface area contributed by atoms with Crippen molar-refractivity contribution in [2.24, 2.45) is 17.1 Å². The third-order valence-corrected chi connectivity index (χ3v) is 2.89. The average Bonchev–Trinajstić information content (AvgIpc) is 2.02. The lowest BCUT2D eigenvalue weighted by Gasteiger charge is -2.36. The molecule has 0 aliphatic heterocycles. The molecule has 13 heavy (non-hydrogen) atoms. The Bertz CT molecular complexity index is 136. The first-order valence-electron chi connectivity index (χ1n) is 5.32. The molecule has 0 spiro atoms. The summed E-state index contributed by atoms with van der Waals surface area (Å²) in [7, 11) is 0. The van der Waals surface area contributed by atoms with Gasteiger partial charge in [0.05, 0.1) is 0 Å². The summed E-state index contributed by atoms with van der Waals surface area (Å²) >= 11 is 0. The summed E-state index contributed by atoms with van der Waals surface area (Å²) in [5.74, 6) is 0.647. The van der Waals surface area contributed by atoms with E-state index in [9.17, 15) is 0 Å². The summed E-state index contributed by atoms with van der Waals surface area (Å²) in [6.07, 6.45) is 2.91. The molecule has 0 aromatic carbocycles. The van der Waals surface area contributed by atoms with Gasteiger partial charge in [0, 0.05) is 12.6 Å². The van der Waals surface area contributed by atoms with Gasteiger partial charge in [0.1, 0.15) is 0 Å². The summed E-state index contributed by atoms with van der Waals surface area (Å²) in [6.45, 7) is 8.96. The second kappa shape index (κ2) is 5.61. The van der Waals surface area contributed by atoms with Crippen LogP contribution >= 0.6 is 0 Å². The van der Waals surface area contributed by atoms with Crippen molar-refractivity contribution in [1.29, 1.82) is 0 Å². The van der Waals surface area contributed by atoms with Crippen molar-refractivity contribution >= 4 is 0 Å². The summed E-state index contributed by atoms with van der Waals surface area (Å²) < 4.78 is 0. The van der Waals surface area contributed by atoms with Crippen molar-refractivity contribution in [3.8, 4) is 0 Å². The fourth-order valence-corrected chi connectivity index (χ4v) is 2.12. The van der Waals surface area contributed by atoms with Crippen LogP contribution in [0.1, 0.15) is 47.0 Å². The molecule has 0 radical (unpaired) electrons. The maximum absolute atomic E-state index is 9.00. The van der Waals surface area contributed by atoms with Crippen molar-refractivity contribution in [2.45, 2.75) is 53.0 Å². The van der Waals surface area contributed by atoms with Gasteiger partial charge < -0.3 is 10.8 Å². The third-order valence-electron chi connectivity index (χ3n) is 2.89. The topological polar surface area (TPSA) is 46.2 Å². The average molecular weight is 187 g/mol. The van der Waals surface area contributed by atoms with Gasteiger partial charge in [0.25, 0.3) is 0 Å². The first-order chi connectivity index (χ1) is 5.96. The highest BCUT2D eigenvalue weighted by Crippen LogP contribution is 2.33. The Morgan fingerprint density at radius 2 is 1.92 bits per heavy atom. The SMILES string of the molecule is CCC(N)C(C)(CCO)CC(C)C. The van der Waals surface area contributed by atoms with Crippen LogP contribution in [-0.2, 0) is 0 Å². The van der Waals surface area contributed by atoms with Crippen molar-refractivity contribution < 1.29 is 5.11 Å². The van der Waals surface area contributed by atoms with E-state index in [1.54, 1.807) is 0 Å². The van der Waals surface area contributed by atoms with Gasteiger partial charge >= 0.3 is 0 Å². The minimum Gasteiger partial charge on any atom is -0.396 e. The van der Waals surface area contributed by atoms with Gasteiger partial charge in [0.2, 0.25) is 0 Å². The number of hydrogen-bond acceptors (Lipinski definition) is 2. The normalized spacial score (nSPS) is 18.7. The summed E-state index contributed by atoms with van der Waals surface area (Å²) in [5.41, 5.74) is 6.18. The molecule has 0 aliphatic carbocycles. The Hall–Kier alpha value is -0.0800. The highest BCUT2D eigenvalue weighted by Gasteiger charge is 2.30. The number of hydrogen-bond donors (Lipinski definition) is 2. The van der Waals surface area contributed by atoms with Crippen molar-refractivity contribution in [2.75, 3.05) is 6.61 Å². The van der Waals surface area contributed by atoms with Crippen LogP contribution in [0.3, 0.4) is 0 Å². The van der Waals surface area contributed by atoms with Crippen LogP contribution in [0.5, 0.6) is 0 Å². The van der Waals surface area contributed by atoms with Crippen LogP contribution in [0.4, 0.5) is 0 Å². The van der Waals surface area contributed by atoms with Gasteiger partial charge in [-0.25, -0.2) is 0 Å². The third kappa shape index (κ3) is 4.10. The van der Waals surface area contributed by atoms with Gasteiger partial charge in [-0.15, -0.1) is 0 Å². The molecule has 2 heteroatoms. The van der Waals surface area contributed by atoms with E-state index in [2.05, 4.69) is 27.7 Å². The number of aliphatic hydroxyl groups excluding tert-OH is 1. The molecule has 2 nitrogen and oxygen atoms in total. The van der Waals surface area contributed by atoms with Gasteiger partial charge in [-0.05, 0) is 30.6 Å². The molecular weight excluding hydrogens is 162 g/mol. The molecule has 0 aliphatic rings. The van der Waals surface area contributed by atoms with Crippen LogP contribution < -0.4 is 5.73 Å². The predicted octanol–water partition coefficient (Wildman–Crippen LogP) is 2.16. The zero-order valence-corrected chi connectivity index (χ0v) is 9.51. The van der Waals surface area contributed by atoms with E-state index >= 15 is 0 Å². The van der Waals surface area contributed by atoms with Gasteiger partial charge in [-0.2, -0.15) is 0 Å². The highest BCUT2D eigenvalue weighted by atomic mass is 16.3. The zero-order chi connectivity index (χ0) is 10.5. The van der Waals surface area contributed by atoms with Gasteiger partial charge in [-0.1, -0.05) is 27.7 Å². The maximum Gasteiger partial charge on any atom is 0.0436 e. The van der Waals surface area contributed by atoms with E-state index in [0.29, 0.717) is 5.92 Å². The molecule has 2 unspecified atom stereocenters. The monoisotopic (exact) mass is 187 g/mol. The van der Waals surface area contributed by atoms with Crippen molar-refractivity contribution in [3.05, 3.63) is 0 Å². The standard InChI is InChI=1S/C11H25NO/c1-5-10(12)11(4,6-7-13)8-9(2)3/h9-10,13H,5-8,12H2,1-4H3. The van der Waals surface area contributed by atoms with Gasteiger partial charge in [0.15, 0.2) is 0 Å². The van der Waals surface area contributed by atoms with Crippen molar-refractivity contribution in [3.63, 3.8) is 0 Å². The molecule has 0 rings (SSSR count). The maximum atomic E-state index is 9.00. The molecule has 80 valence electrons. The van der Waals surface area contributed by atoms with Crippen LogP contribution in [0.25, 0.3) is 0 Å². The molecule has 0 saturated carbocycles. The largest absolute Gasteiger partial charge is 0.396 e. The minimum atomic E-state index is 0.109. The second-order valence-corrected chi connectivity index (χ2v) is 4.74. The Morgan fingerprint density at radius 1 is 1.38 bits per heavy atom. The number of aliphatic hydroxyl groups is 1. The van der Waals surface area contributed by atoms with E-state index in [1.807, 2.05) is 0 Å². The van der Waals surface area contributed by atoms with E-state index in [0.717, 1.165) is 19.3 Å². The second-order valence-electron chi connectivity index (χ2n) is 4.74. The molecule has 0 amide bonds. The molecule has 3 N–H and O–H groups in total. The van der Waals surface area contributed by atoms with Gasteiger partial charge in [-0.3, -0.25) is 0 Å². The number of nitrogens with two attached hydrogens (primary N) is 1. The smallest absolute Gasteiger partial charge is 0.0436 e. The van der Waals surface area contributed by atoms with E-state index in [1.165, 1.54) is 0 Å². The Labute approximate surface area is 82.5 Å². The molecule has 0 aromatic rings. The summed E-state index contributed by atoms with van der Waals surface area (Å²) in [5, 5.41) is 9.00. The molecular formula is C11H25NO. The van der Waals surface area contributed by atoms with Crippen LogP contribution in [0.2, 0.25) is 0 Å². The highest BCUT2D eigenvalue weighted by molar-refractivity contribution is 4.85. The Morgan fingerprint density at radius 3 is 2.23 bits per heavy atom. The van der Waals surface area contributed by atoms with E-state index < -0.39 is 0 Å². The summed E-state index contributed by atoms with van der Waals surface area (Å²) in [4.78, 5) is 0. The fourth-order valence-electron chi connectivity index (χ4n) is 2.12. The fraction of sp³-hybridized carbons (Fsp3) is 1.00. The molecule has 0 aromatic heterocycles. The van der Waals surface area contributed by atoms with E-state index in [-0.39, 0.29) is 18.1 Å². The lowest BCUT2D eigenvalue weighted by Crippen LogP contribution is -2.40. The van der Waals surface area contributed by atoms with Crippen molar-refractivity contribution in [1.82, 2.24) is 0 Å². The molecule has 0 heterocycles. The molecule has 0 fully saturated rings. The summed E-state index contributed by atoms with van der Waals surface area (Å²) in [6, 6.07) is 0.210. The van der Waals surface area contributed by atoms with E-state index in [4.69, 9.17) is 10.8 Å². The Balaban J connectivity index is 4.32. The predicted molar refractivity (Wildman–Crippen MR) is 57.5 cm³/mol. The lowest BCUT2D eigenvalue weighted by molar-refractivity contribution is 0.136. The number of rotatable bonds is 6. The molecule has 0 saturated heterocycles. The first-order valence-corrected chi connectivity index (χ1v) is 5.32. The minimum absolute atomic E-state index is 0.109. The first kappa shape index (κ1) is 12.9. The van der Waals surface area contributed by atoms with Crippen LogP contribution in [0, 0.1) is 11.3 Å².